The highest BCUT2D eigenvalue weighted by atomic mass is 16.2. The number of rotatable bonds is 4. The number of amides is 1. The summed E-state index contributed by atoms with van der Waals surface area (Å²) in [6.07, 6.45) is 4.14. The van der Waals surface area contributed by atoms with E-state index < -0.39 is 0 Å². The Hall–Kier alpha value is -3.27. The van der Waals surface area contributed by atoms with Gasteiger partial charge in [0.15, 0.2) is 0 Å². The van der Waals surface area contributed by atoms with Gasteiger partial charge in [-0.2, -0.15) is 0 Å². The molecule has 27 heavy (non-hydrogen) atoms. The van der Waals surface area contributed by atoms with Crippen molar-refractivity contribution in [2.24, 2.45) is 0 Å². The summed E-state index contributed by atoms with van der Waals surface area (Å²) in [5.41, 5.74) is 13.1. The van der Waals surface area contributed by atoms with Gasteiger partial charge in [0, 0.05) is 22.6 Å². The monoisotopic (exact) mass is 357 g/mol. The standard InChI is InChI=1S/C23H23N3O/c1-16-15-21(17(2)26(16)19-11-4-3-5-12-19)23(27)25-24-22-14-8-10-18-9-6-7-13-20(18)22/h3-7,9,11-15,24H,8,10H2,1-2H3,(H,25,27). The molecule has 0 fully saturated rings. The van der Waals surface area contributed by atoms with E-state index in [1.807, 2.05) is 56.3 Å². The lowest BCUT2D eigenvalue weighted by molar-refractivity contribution is 0.0942. The van der Waals surface area contributed by atoms with Crippen LogP contribution in [-0.2, 0) is 6.42 Å². The number of benzene rings is 2. The van der Waals surface area contributed by atoms with Crippen molar-refractivity contribution >= 4 is 11.6 Å². The van der Waals surface area contributed by atoms with Gasteiger partial charge in [-0.25, -0.2) is 0 Å². The summed E-state index contributed by atoms with van der Waals surface area (Å²) >= 11 is 0. The van der Waals surface area contributed by atoms with Crippen LogP contribution < -0.4 is 10.9 Å². The second-order valence-electron chi connectivity index (χ2n) is 6.85. The Morgan fingerprint density at radius 3 is 2.56 bits per heavy atom. The Balaban J connectivity index is 1.54. The predicted molar refractivity (Wildman–Crippen MR) is 109 cm³/mol. The van der Waals surface area contributed by atoms with Gasteiger partial charge in [0.2, 0.25) is 0 Å². The Morgan fingerprint density at radius 1 is 1.00 bits per heavy atom. The van der Waals surface area contributed by atoms with Gasteiger partial charge in [-0.05, 0) is 50.5 Å². The largest absolute Gasteiger partial charge is 0.318 e. The molecular weight excluding hydrogens is 334 g/mol. The van der Waals surface area contributed by atoms with Crippen LogP contribution in [-0.4, -0.2) is 10.5 Å². The molecule has 1 aromatic heterocycles. The fourth-order valence-corrected chi connectivity index (χ4v) is 3.76. The minimum atomic E-state index is -0.130. The minimum absolute atomic E-state index is 0.130. The molecule has 0 aliphatic heterocycles. The van der Waals surface area contributed by atoms with Crippen molar-refractivity contribution in [3.05, 3.63) is 94.8 Å². The highest BCUT2D eigenvalue weighted by Crippen LogP contribution is 2.24. The van der Waals surface area contributed by atoms with E-state index >= 15 is 0 Å². The van der Waals surface area contributed by atoms with Crippen molar-refractivity contribution in [1.82, 2.24) is 15.4 Å². The van der Waals surface area contributed by atoms with Crippen LogP contribution in [0.3, 0.4) is 0 Å². The van der Waals surface area contributed by atoms with Crippen LogP contribution in [0, 0.1) is 13.8 Å². The fraction of sp³-hybridized carbons (Fsp3) is 0.174. The molecule has 0 atom stereocenters. The van der Waals surface area contributed by atoms with Gasteiger partial charge in [0.05, 0.1) is 11.3 Å². The quantitative estimate of drug-likeness (QED) is 0.683. The summed E-state index contributed by atoms with van der Waals surface area (Å²) in [5.74, 6) is -0.130. The number of carbonyl (C=O) groups excluding carboxylic acids is 1. The normalized spacial score (nSPS) is 12.9. The third-order valence-corrected chi connectivity index (χ3v) is 5.07. The fourth-order valence-electron chi connectivity index (χ4n) is 3.76. The van der Waals surface area contributed by atoms with E-state index in [1.54, 1.807) is 0 Å². The van der Waals surface area contributed by atoms with Crippen molar-refractivity contribution in [3.63, 3.8) is 0 Å². The second-order valence-corrected chi connectivity index (χ2v) is 6.85. The van der Waals surface area contributed by atoms with E-state index in [4.69, 9.17) is 0 Å². The van der Waals surface area contributed by atoms with E-state index in [1.165, 1.54) is 5.56 Å². The van der Waals surface area contributed by atoms with E-state index in [0.29, 0.717) is 5.56 Å². The number of aromatic nitrogens is 1. The highest BCUT2D eigenvalue weighted by Gasteiger charge is 2.18. The molecule has 1 aliphatic rings. The van der Waals surface area contributed by atoms with Crippen LogP contribution >= 0.6 is 0 Å². The van der Waals surface area contributed by atoms with Crippen LogP contribution in [0.2, 0.25) is 0 Å². The molecule has 2 aromatic carbocycles. The molecule has 2 N–H and O–H groups in total. The van der Waals surface area contributed by atoms with Crippen molar-refractivity contribution < 1.29 is 4.79 Å². The summed E-state index contributed by atoms with van der Waals surface area (Å²) in [5, 5.41) is 0. The Labute approximate surface area is 159 Å². The van der Waals surface area contributed by atoms with Crippen molar-refractivity contribution in [3.8, 4) is 5.69 Å². The number of nitrogens with one attached hydrogen (secondary N) is 2. The molecule has 0 unspecified atom stereocenters. The van der Waals surface area contributed by atoms with Gasteiger partial charge in [-0.1, -0.05) is 48.5 Å². The number of nitrogens with zero attached hydrogens (tertiary/aromatic N) is 1. The number of para-hydroxylation sites is 1. The molecule has 0 saturated heterocycles. The van der Waals surface area contributed by atoms with Crippen LogP contribution in [0.15, 0.2) is 66.7 Å². The number of hydrazine groups is 1. The number of fused-ring (bicyclic) bond motifs is 1. The maximum Gasteiger partial charge on any atom is 0.271 e. The van der Waals surface area contributed by atoms with Gasteiger partial charge in [-0.3, -0.25) is 15.6 Å². The van der Waals surface area contributed by atoms with Crippen molar-refractivity contribution in [2.45, 2.75) is 26.7 Å². The summed E-state index contributed by atoms with van der Waals surface area (Å²) in [4.78, 5) is 12.8. The zero-order valence-electron chi connectivity index (χ0n) is 15.6. The molecule has 3 aromatic rings. The molecule has 0 saturated carbocycles. The summed E-state index contributed by atoms with van der Waals surface area (Å²) in [6, 6.07) is 20.3. The van der Waals surface area contributed by atoms with Crippen LogP contribution in [0.4, 0.5) is 0 Å². The molecule has 4 rings (SSSR count). The van der Waals surface area contributed by atoms with E-state index in [-0.39, 0.29) is 5.91 Å². The van der Waals surface area contributed by atoms with Crippen molar-refractivity contribution in [2.75, 3.05) is 0 Å². The Bertz CT molecular complexity index is 1020. The summed E-state index contributed by atoms with van der Waals surface area (Å²) in [7, 11) is 0. The van der Waals surface area contributed by atoms with E-state index in [9.17, 15) is 4.79 Å². The smallest absolute Gasteiger partial charge is 0.271 e. The minimum Gasteiger partial charge on any atom is -0.318 e. The number of hydrogen-bond acceptors (Lipinski definition) is 2. The maximum absolute atomic E-state index is 12.8. The molecule has 1 aliphatic carbocycles. The van der Waals surface area contributed by atoms with Gasteiger partial charge >= 0.3 is 0 Å². The lowest BCUT2D eigenvalue weighted by Crippen LogP contribution is -2.37. The molecule has 4 heteroatoms. The van der Waals surface area contributed by atoms with Crippen LogP contribution in [0.5, 0.6) is 0 Å². The maximum atomic E-state index is 12.8. The van der Waals surface area contributed by atoms with Gasteiger partial charge in [0.25, 0.3) is 5.91 Å². The first-order chi connectivity index (χ1) is 13.1. The first-order valence-corrected chi connectivity index (χ1v) is 9.24. The average molecular weight is 357 g/mol. The summed E-state index contributed by atoms with van der Waals surface area (Å²) in [6.45, 7) is 3.99. The van der Waals surface area contributed by atoms with Gasteiger partial charge < -0.3 is 4.57 Å². The molecule has 1 amide bonds. The molecule has 0 radical (unpaired) electrons. The molecule has 0 spiro atoms. The summed E-state index contributed by atoms with van der Waals surface area (Å²) < 4.78 is 2.10. The zero-order valence-corrected chi connectivity index (χ0v) is 15.6. The topological polar surface area (TPSA) is 46.1 Å². The van der Waals surface area contributed by atoms with Crippen molar-refractivity contribution in [1.29, 1.82) is 0 Å². The lowest BCUT2D eigenvalue weighted by atomic mass is 9.95. The Morgan fingerprint density at radius 2 is 1.74 bits per heavy atom. The van der Waals surface area contributed by atoms with Gasteiger partial charge in [0.1, 0.15) is 0 Å². The van der Waals surface area contributed by atoms with E-state index in [0.717, 1.165) is 41.2 Å². The lowest BCUT2D eigenvalue weighted by Gasteiger charge is -2.19. The zero-order chi connectivity index (χ0) is 18.8. The molecular formula is C23H23N3O. The third kappa shape index (κ3) is 3.26. The number of aryl methyl sites for hydroxylation is 2. The molecule has 136 valence electrons. The predicted octanol–water partition coefficient (Wildman–Crippen LogP) is 4.32. The SMILES string of the molecule is Cc1cc(C(=O)NNC2=CCCc3ccccc32)c(C)n1-c1ccccc1. The number of carbonyl (C=O) groups is 1. The first-order valence-electron chi connectivity index (χ1n) is 9.24. The van der Waals surface area contributed by atoms with Crippen LogP contribution in [0.25, 0.3) is 11.4 Å². The molecule has 1 heterocycles. The number of hydrogen-bond donors (Lipinski definition) is 2. The molecule has 0 bridgehead atoms. The number of allylic oxidation sites excluding steroid dienone is 1. The first kappa shape index (κ1) is 17.2. The highest BCUT2D eigenvalue weighted by molar-refractivity contribution is 5.96. The van der Waals surface area contributed by atoms with E-state index in [2.05, 4.69) is 39.7 Å². The third-order valence-electron chi connectivity index (χ3n) is 5.07. The second kappa shape index (κ2) is 7.16. The molecule has 4 nitrogen and oxygen atoms in total. The average Bonchev–Trinajstić information content (AvgIpc) is 3.01. The van der Waals surface area contributed by atoms with Gasteiger partial charge in [-0.15, -0.1) is 0 Å². The van der Waals surface area contributed by atoms with Crippen LogP contribution in [0.1, 0.15) is 39.3 Å². The Kier molecular flexibility index (Phi) is 4.55.